The maximum atomic E-state index is 6.26. The van der Waals surface area contributed by atoms with Crippen molar-refractivity contribution in [3.05, 3.63) is 34.9 Å². The predicted octanol–water partition coefficient (Wildman–Crippen LogP) is 3.92. The van der Waals surface area contributed by atoms with Gasteiger partial charge in [0, 0.05) is 18.2 Å². The molecule has 0 saturated heterocycles. The van der Waals surface area contributed by atoms with Crippen LogP contribution in [0.15, 0.2) is 24.3 Å². The Labute approximate surface area is 122 Å². The van der Waals surface area contributed by atoms with Crippen LogP contribution in [0.1, 0.15) is 33.3 Å². The molecule has 0 spiro atoms. The second kappa shape index (κ2) is 7.28. The molecule has 19 heavy (non-hydrogen) atoms. The quantitative estimate of drug-likeness (QED) is 0.854. The molecule has 1 aromatic rings. The normalized spacial score (nSPS) is 15.3. The summed E-state index contributed by atoms with van der Waals surface area (Å²) in [6, 6.07) is 8.28. The van der Waals surface area contributed by atoms with E-state index in [1.54, 1.807) is 7.11 Å². The number of likely N-dealkylation sites (N-methyl/N-ethyl adjacent to an activating group) is 1. The minimum Gasteiger partial charge on any atom is -0.379 e. The lowest BCUT2D eigenvalue weighted by atomic mass is 9.82. The summed E-state index contributed by atoms with van der Waals surface area (Å²) in [7, 11) is 1.78. The summed E-state index contributed by atoms with van der Waals surface area (Å²) < 4.78 is 5.74. The van der Waals surface area contributed by atoms with E-state index in [1.165, 1.54) is 5.56 Å². The zero-order chi connectivity index (χ0) is 14.5. The van der Waals surface area contributed by atoms with Crippen LogP contribution in [0.2, 0.25) is 5.02 Å². The number of benzene rings is 1. The van der Waals surface area contributed by atoms with Crippen molar-refractivity contribution in [2.75, 3.05) is 13.7 Å². The lowest BCUT2D eigenvalue weighted by molar-refractivity contribution is -0.0106. The summed E-state index contributed by atoms with van der Waals surface area (Å²) in [5.74, 6) is 0. The number of methoxy groups -OCH3 is 1. The Morgan fingerprint density at radius 2 is 1.89 bits per heavy atom. The molecule has 0 aliphatic heterocycles. The Morgan fingerprint density at radius 1 is 1.26 bits per heavy atom. The Kier molecular flexibility index (Phi) is 6.31. The third-order valence-electron chi connectivity index (χ3n) is 3.34. The zero-order valence-corrected chi connectivity index (χ0v) is 13.4. The molecule has 2 nitrogen and oxygen atoms in total. The minimum atomic E-state index is 0.0862. The molecule has 3 heteroatoms. The van der Waals surface area contributed by atoms with E-state index in [9.17, 15) is 0 Å². The summed E-state index contributed by atoms with van der Waals surface area (Å²) in [4.78, 5) is 0. The number of nitrogens with one attached hydrogen (secondary N) is 1. The number of hydrogen-bond donors (Lipinski definition) is 1. The van der Waals surface area contributed by atoms with Gasteiger partial charge in [0.15, 0.2) is 0 Å². The van der Waals surface area contributed by atoms with E-state index in [0.717, 1.165) is 18.0 Å². The molecule has 0 radical (unpaired) electrons. The molecule has 0 bridgehead atoms. The molecule has 2 atom stereocenters. The molecule has 0 saturated carbocycles. The van der Waals surface area contributed by atoms with Gasteiger partial charge in [-0.1, -0.05) is 57.5 Å². The van der Waals surface area contributed by atoms with Gasteiger partial charge < -0.3 is 10.1 Å². The van der Waals surface area contributed by atoms with E-state index >= 15 is 0 Å². The van der Waals surface area contributed by atoms with E-state index in [0.29, 0.717) is 0 Å². The molecular weight excluding hydrogens is 258 g/mol. The van der Waals surface area contributed by atoms with Crippen molar-refractivity contribution in [2.24, 2.45) is 5.41 Å². The van der Waals surface area contributed by atoms with E-state index < -0.39 is 0 Å². The third-order valence-corrected chi connectivity index (χ3v) is 3.71. The van der Waals surface area contributed by atoms with E-state index in [-0.39, 0.29) is 17.6 Å². The van der Waals surface area contributed by atoms with Crippen molar-refractivity contribution < 1.29 is 4.74 Å². The van der Waals surface area contributed by atoms with Crippen molar-refractivity contribution in [1.29, 1.82) is 0 Å². The average molecular weight is 284 g/mol. The highest BCUT2D eigenvalue weighted by Crippen LogP contribution is 2.27. The second-order valence-electron chi connectivity index (χ2n) is 5.98. The molecule has 0 heterocycles. The lowest BCUT2D eigenvalue weighted by Gasteiger charge is -2.36. The van der Waals surface area contributed by atoms with Crippen LogP contribution in [0.4, 0.5) is 0 Å². The highest BCUT2D eigenvalue weighted by Gasteiger charge is 2.32. The molecule has 0 fully saturated rings. The van der Waals surface area contributed by atoms with Crippen molar-refractivity contribution in [3.8, 4) is 0 Å². The first-order valence-electron chi connectivity index (χ1n) is 6.89. The third kappa shape index (κ3) is 4.79. The summed E-state index contributed by atoms with van der Waals surface area (Å²) in [5, 5.41) is 4.36. The molecule has 0 aromatic heterocycles. The summed E-state index contributed by atoms with van der Waals surface area (Å²) in [6.45, 7) is 9.66. The largest absolute Gasteiger partial charge is 0.379 e. The molecule has 1 N–H and O–H groups in total. The summed E-state index contributed by atoms with van der Waals surface area (Å²) in [5.41, 5.74) is 1.25. The molecule has 108 valence electrons. The zero-order valence-electron chi connectivity index (χ0n) is 12.7. The Morgan fingerprint density at radius 3 is 2.37 bits per heavy atom. The van der Waals surface area contributed by atoms with Crippen LogP contribution in [-0.4, -0.2) is 25.8 Å². The van der Waals surface area contributed by atoms with Crippen LogP contribution in [0.5, 0.6) is 0 Å². The molecule has 1 aromatic carbocycles. The van der Waals surface area contributed by atoms with Gasteiger partial charge in [0.2, 0.25) is 0 Å². The van der Waals surface area contributed by atoms with Crippen molar-refractivity contribution in [1.82, 2.24) is 5.32 Å². The van der Waals surface area contributed by atoms with E-state index in [2.05, 4.69) is 39.1 Å². The molecule has 1 rings (SSSR count). The highest BCUT2D eigenvalue weighted by atomic mass is 35.5. The summed E-state index contributed by atoms with van der Waals surface area (Å²) in [6.07, 6.45) is 1.02. The van der Waals surface area contributed by atoms with Gasteiger partial charge in [-0.3, -0.25) is 0 Å². The van der Waals surface area contributed by atoms with Crippen LogP contribution in [-0.2, 0) is 11.2 Å². The first kappa shape index (κ1) is 16.5. The first-order valence-corrected chi connectivity index (χ1v) is 7.27. The Bertz CT molecular complexity index is 387. The number of rotatable bonds is 6. The van der Waals surface area contributed by atoms with Gasteiger partial charge in [-0.2, -0.15) is 0 Å². The Balaban J connectivity index is 2.91. The van der Waals surface area contributed by atoms with E-state index in [4.69, 9.17) is 16.3 Å². The lowest BCUT2D eigenvalue weighted by Crippen LogP contribution is -2.49. The second-order valence-corrected chi connectivity index (χ2v) is 6.39. The maximum Gasteiger partial charge on any atom is 0.0775 e. The number of halogens is 1. The predicted molar refractivity (Wildman–Crippen MR) is 82.9 cm³/mol. The molecule has 2 unspecified atom stereocenters. The van der Waals surface area contributed by atoms with Gasteiger partial charge in [-0.25, -0.2) is 0 Å². The van der Waals surface area contributed by atoms with Crippen LogP contribution >= 0.6 is 11.6 Å². The highest BCUT2D eigenvalue weighted by molar-refractivity contribution is 6.31. The first-order chi connectivity index (χ1) is 8.90. The van der Waals surface area contributed by atoms with Crippen LogP contribution < -0.4 is 5.32 Å². The van der Waals surface area contributed by atoms with Gasteiger partial charge in [0.1, 0.15) is 0 Å². The molecule has 0 amide bonds. The average Bonchev–Trinajstić information content (AvgIpc) is 2.31. The van der Waals surface area contributed by atoms with Crippen molar-refractivity contribution >= 4 is 11.6 Å². The van der Waals surface area contributed by atoms with Crippen LogP contribution in [0.3, 0.4) is 0 Å². The van der Waals surface area contributed by atoms with E-state index in [1.807, 2.05) is 18.2 Å². The molecular formula is C16H26ClNO. The van der Waals surface area contributed by atoms with Gasteiger partial charge in [0.25, 0.3) is 0 Å². The van der Waals surface area contributed by atoms with Gasteiger partial charge in [0.05, 0.1) is 6.10 Å². The molecule has 0 aliphatic carbocycles. The van der Waals surface area contributed by atoms with Gasteiger partial charge in [-0.05, 0) is 30.0 Å². The van der Waals surface area contributed by atoms with Crippen LogP contribution in [0, 0.1) is 5.41 Å². The SMILES string of the molecule is CCNC(Cc1ccccc1Cl)C(OC)C(C)(C)C. The fourth-order valence-electron chi connectivity index (χ4n) is 2.57. The monoisotopic (exact) mass is 283 g/mol. The van der Waals surface area contributed by atoms with Gasteiger partial charge >= 0.3 is 0 Å². The standard InChI is InChI=1S/C16H26ClNO/c1-6-18-14(15(19-5)16(2,3)4)11-12-9-7-8-10-13(12)17/h7-10,14-15,18H,6,11H2,1-5H3. The van der Waals surface area contributed by atoms with Crippen molar-refractivity contribution in [2.45, 2.75) is 46.3 Å². The fourth-order valence-corrected chi connectivity index (χ4v) is 2.78. The number of ether oxygens (including phenoxy) is 1. The minimum absolute atomic E-state index is 0.0862. The Hall–Kier alpha value is -0.570. The van der Waals surface area contributed by atoms with Gasteiger partial charge in [-0.15, -0.1) is 0 Å². The fraction of sp³-hybridized carbons (Fsp3) is 0.625. The maximum absolute atomic E-state index is 6.26. The van der Waals surface area contributed by atoms with Crippen LogP contribution in [0.25, 0.3) is 0 Å². The number of hydrogen-bond acceptors (Lipinski definition) is 2. The summed E-state index contributed by atoms with van der Waals surface area (Å²) >= 11 is 6.26. The molecule has 0 aliphatic rings. The van der Waals surface area contributed by atoms with Crippen molar-refractivity contribution in [3.63, 3.8) is 0 Å². The smallest absolute Gasteiger partial charge is 0.0775 e. The topological polar surface area (TPSA) is 21.3 Å².